The van der Waals surface area contributed by atoms with Crippen molar-refractivity contribution in [3.8, 4) is 0 Å². The van der Waals surface area contributed by atoms with Crippen LogP contribution < -0.4 is 5.32 Å². The monoisotopic (exact) mass is 431 g/mol. The molecular weight excluding hydrogens is 406 g/mol. The quantitative estimate of drug-likeness (QED) is 0.560. The molecule has 0 saturated heterocycles. The Labute approximate surface area is 175 Å². The van der Waals surface area contributed by atoms with Crippen molar-refractivity contribution >= 4 is 32.6 Å². The number of hydrogen-bond donors (Lipinski definition) is 1. The van der Waals surface area contributed by atoms with E-state index < -0.39 is 21.5 Å². The van der Waals surface area contributed by atoms with E-state index in [9.17, 15) is 18.0 Å². The van der Waals surface area contributed by atoms with Crippen LogP contribution in [0.4, 0.5) is 0 Å². The molecule has 0 spiro atoms. The first-order chi connectivity index (χ1) is 14.4. The first-order valence-corrected chi connectivity index (χ1v) is 11.4. The van der Waals surface area contributed by atoms with Crippen molar-refractivity contribution < 1.29 is 22.4 Å². The number of sulfone groups is 1. The molecule has 0 bridgehead atoms. The highest BCUT2D eigenvalue weighted by atomic mass is 32.2. The molecule has 0 saturated carbocycles. The van der Waals surface area contributed by atoms with Gasteiger partial charge in [0.25, 0.3) is 0 Å². The number of likely N-dealkylation sites (N-methyl/N-ethyl adjacent to an activating group) is 1. The molecule has 2 heterocycles. The number of aromatic nitrogens is 1. The van der Waals surface area contributed by atoms with Crippen molar-refractivity contribution in [3.63, 3.8) is 0 Å². The van der Waals surface area contributed by atoms with Gasteiger partial charge in [0.2, 0.25) is 11.8 Å². The Morgan fingerprint density at radius 3 is 2.50 bits per heavy atom. The summed E-state index contributed by atoms with van der Waals surface area (Å²) in [6, 6.07) is 10.3. The molecule has 9 heteroatoms. The summed E-state index contributed by atoms with van der Waals surface area (Å²) < 4.78 is 32.7. The van der Waals surface area contributed by atoms with E-state index in [4.69, 9.17) is 4.42 Å². The molecule has 0 radical (unpaired) electrons. The number of fused-ring (bicyclic) bond motifs is 1. The topological polar surface area (TPSA) is 102 Å². The zero-order valence-corrected chi connectivity index (χ0v) is 17.8. The molecule has 0 fully saturated rings. The Balaban J connectivity index is 1.83. The SMILES string of the molecule is CCN(CC)C(=O)Cn1cc(S(=O)(=O)CC(=O)NCc2ccco2)c2ccccc21. The number of carbonyl (C=O) groups is 2. The number of benzene rings is 1. The highest BCUT2D eigenvalue weighted by molar-refractivity contribution is 7.92. The lowest BCUT2D eigenvalue weighted by Crippen LogP contribution is -2.33. The predicted octanol–water partition coefficient (Wildman–Crippen LogP) is 2.19. The van der Waals surface area contributed by atoms with Crippen LogP contribution in [0.3, 0.4) is 0 Å². The highest BCUT2D eigenvalue weighted by Crippen LogP contribution is 2.26. The van der Waals surface area contributed by atoms with Crippen molar-refractivity contribution in [1.29, 1.82) is 0 Å². The maximum atomic E-state index is 13.0. The third-order valence-corrected chi connectivity index (χ3v) is 6.51. The Kier molecular flexibility index (Phi) is 6.61. The van der Waals surface area contributed by atoms with Gasteiger partial charge >= 0.3 is 0 Å². The van der Waals surface area contributed by atoms with Gasteiger partial charge in [0, 0.05) is 30.2 Å². The number of rotatable bonds is 9. The van der Waals surface area contributed by atoms with Crippen LogP contribution in [0.15, 0.2) is 58.2 Å². The van der Waals surface area contributed by atoms with Crippen LogP contribution in [-0.2, 0) is 32.5 Å². The van der Waals surface area contributed by atoms with E-state index in [0.717, 1.165) is 0 Å². The zero-order valence-electron chi connectivity index (χ0n) is 17.0. The van der Waals surface area contributed by atoms with Gasteiger partial charge in [-0.2, -0.15) is 0 Å². The largest absolute Gasteiger partial charge is 0.467 e. The van der Waals surface area contributed by atoms with Crippen LogP contribution in [0.1, 0.15) is 19.6 Å². The Morgan fingerprint density at radius 1 is 1.10 bits per heavy atom. The van der Waals surface area contributed by atoms with Crippen LogP contribution in [0.2, 0.25) is 0 Å². The number of hydrogen-bond acceptors (Lipinski definition) is 5. The van der Waals surface area contributed by atoms with E-state index in [1.54, 1.807) is 45.9 Å². The molecule has 0 aliphatic heterocycles. The summed E-state index contributed by atoms with van der Waals surface area (Å²) in [6.45, 7) is 5.09. The fourth-order valence-corrected chi connectivity index (χ4v) is 4.71. The van der Waals surface area contributed by atoms with E-state index in [0.29, 0.717) is 29.8 Å². The third kappa shape index (κ3) is 4.73. The molecule has 0 atom stereocenters. The van der Waals surface area contributed by atoms with Gasteiger partial charge in [-0.05, 0) is 32.0 Å². The van der Waals surface area contributed by atoms with Gasteiger partial charge in [-0.15, -0.1) is 0 Å². The number of para-hydroxylation sites is 1. The summed E-state index contributed by atoms with van der Waals surface area (Å²) in [5.41, 5.74) is 0.632. The molecule has 160 valence electrons. The number of nitrogens with zero attached hydrogens (tertiary/aromatic N) is 2. The minimum Gasteiger partial charge on any atom is -0.467 e. The number of nitrogens with one attached hydrogen (secondary N) is 1. The minimum atomic E-state index is -3.91. The van der Waals surface area contributed by atoms with Gasteiger partial charge in [-0.25, -0.2) is 8.42 Å². The lowest BCUT2D eigenvalue weighted by atomic mass is 10.2. The summed E-state index contributed by atoms with van der Waals surface area (Å²) in [6.07, 6.45) is 2.92. The summed E-state index contributed by atoms with van der Waals surface area (Å²) in [5.74, 6) is -0.873. The lowest BCUT2D eigenvalue weighted by Gasteiger charge is -2.19. The Hall–Kier alpha value is -3.07. The molecule has 1 aromatic carbocycles. The summed E-state index contributed by atoms with van der Waals surface area (Å²) in [7, 11) is -3.91. The van der Waals surface area contributed by atoms with Crippen molar-refractivity contribution in [1.82, 2.24) is 14.8 Å². The Morgan fingerprint density at radius 2 is 1.83 bits per heavy atom. The molecule has 1 N–H and O–H groups in total. The lowest BCUT2D eigenvalue weighted by molar-refractivity contribution is -0.131. The van der Waals surface area contributed by atoms with E-state index in [-0.39, 0.29) is 23.9 Å². The molecule has 3 rings (SSSR count). The smallest absolute Gasteiger partial charge is 0.242 e. The van der Waals surface area contributed by atoms with Crippen molar-refractivity contribution in [2.24, 2.45) is 0 Å². The second-order valence-corrected chi connectivity index (χ2v) is 8.78. The van der Waals surface area contributed by atoms with Gasteiger partial charge < -0.3 is 19.2 Å². The molecular formula is C21H25N3O5S. The molecule has 0 unspecified atom stereocenters. The van der Waals surface area contributed by atoms with Crippen molar-refractivity contribution in [2.75, 3.05) is 18.8 Å². The van der Waals surface area contributed by atoms with Crippen molar-refractivity contribution in [3.05, 3.63) is 54.6 Å². The van der Waals surface area contributed by atoms with Gasteiger partial charge in [0.1, 0.15) is 18.1 Å². The molecule has 3 aromatic rings. The van der Waals surface area contributed by atoms with E-state index in [1.165, 1.54) is 12.5 Å². The van der Waals surface area contributed by atoms with Crippen LogP contribution in [-0.4, -0.2) is 48.5 Å². The second-order valence-electron chi connectivity index (χ2n) is 6.82. The van der Waals surface area contributed by atoms with Crippen LogP contribution in [0.25, 0.3) is 10.9 Å². The van der Waals surface area contributed by atoms with Gasteiger partial charge in [-0.1, -0.05) is 18.2 Å². The molecule has 0 aliphatic rings. The van der Waals surface area contributed by atoms with E-state index in [1.807, 2.05) is 13.8 Å². The number of furan rings is 1. The molecule has 2 amide bonds. The van der Waals surface area contributed by atoms with Crippen LogP contribution >= 0.6 is 0 Å². The summed E-state index contributed by atoms with van der Waals surface area (Å²) >= 11 is 0. The maximum Gasteiger partial charge on any atom is 0.242 e. The van der Waals surface area contributed by atoms with Gasteiger partial charge in [0.15, 0.2) is 9.84 Å². The predicted molar refractivity (Wildman–Crippen MR) is 112 cm³/mol. The van der Waals surface area contributed by atoms with Gasteiger partial charge in [0.05, 0.1) is 17.7 Å². The standard InChI is InChI=1S/C21H25N3O5S/c1-3-23(4-2)21(26)14-24-13-19(17-9-5-6-10-18(17)24)30(27,28)15-20(25)22-12-16-8-7-11-29-16/h5-11,13H,3-4,12,14-15H2,1-2H3,(H,22,25). The fourth-order valence-electron chi connectivity index (χ4n) is 3.31. The summed E-state index contributed by atoms with van der Waals surface area (Å²) in [5, 5.41) is 3.04. The first kappa shape index (κ1) is 21.6. The number of amides is 2. The molecule has 0 aliphatic carbocycles. The average Bonchev–Trinajstić information content (AvgIpc) is 3.36. The number of carbonyl (C=O) groups excluding carboxylic acids is 2. The van der Waals surface area contributed by atoms with Crippen molar-refractivity contribution in [2.45, 2.75) is 31.8 Å². The van der Waals surface area contributed by atoms with Gasteiger partial charge in [-0.3, -0.25) is 9.59 Å². The highest BCUT2D eigenvalue weighted by Gasteiger charge is 2.25. The van der Waals surface area contributed by atoms with E-state index in [2.05, 4.69) is 5.32 Å². The normalized spacial score (nSPS) is 11.5. The molecule has 2 aromatic heterocycles. The first-order valence-electron chi connectivity index (χ1n) is 9.73. The fraction of sp³-hybridized carbons (Fsp3) is 0.333. The minimum absolute atomic E-state index is 0.0302. The van der Waals surface area contributed by atoms with Crippen LogP contribution in [0.5, 0.6) is 0 Å². The molecule has 30 heavy (non-hydrogen) atoms. The third-order valence-electron chi connectivity index (χ3n) is 4.87. The Bertz CT molecular complexity index is 1130. The maximum absolute atomic E-state index is 13.0. The second kappa shape index (κ2) is 9.17. The average molecular weight is 432 g/mol. The zero-order chi connectivity index (χ0) is 21.7. The van der Waals surface area contributed by atoms with Crippen LogP contribution in [0, 0.1) is 0 Å². The van der Waals surface area contributed by atoms with E-state index >= 15 is 0 Å². The summed E-state index contributed by atoms with van der Waals surface area (Å²) in [4.78, 5) is 26.5. The molecule has 8 nitrogen and oxygen atoms in total.